The van der Waals surface area contributed by atoms with E-state index >= 15 is 0 Å². The lowest BCUT2D eigenvalue weighted by Crippen LogP contribution is -2.38. The van der Waals surface area contributed by atoms with Crippen molar-refractivity contribution in [3.8, 4) is 40.2 Å². The first-order valence-electron chi connectivity index (χ1n) is 15.8. The molecule has 0 bridgehead atoms. The molecule has 4 aromatic rings. The van der Waals surface area contributed by atoms with E-state index in [2.05, 4.69) is 47.1 Å². The molecular weight excluding hydrogens is 594 g/mol. The Labute approximate surface area is 275 Å². The van der Waals surface area contributed by atoms with Gasteiger partial charge >= 0.3 is 5.97 Å². The summed E-state index contributed by atoms with van der Waals surface area (Å²) in [5, 5.41) is 9.31. The molecule has 1 aromatic heterocycles. The minimum absolute atomic E-state index is 0.196. The summed E-state index contributed by atoms with van der Waals surface area (Å²) in [6, 6.07) is 20.2. The van der Waals surface area contributed by atoms with Crippen molar-refractivity contribution in [2.24, 2.45) is 0 Å². The fourth-order valence-corrected chi connectivity index (χ4v) is 5.88. The van der Waals surface area contributed by atoms with Crippen LogP contribution in [-0.2, 0) is 35.7 Å². The number of fused-ring (bicyclic) bond motifs is 2. The summed E-state index contributed by atoms with van der Waals surface area (Å²) in [4.78, 5) is 18.9. The van der Waals surface area contributed by atoms with Crippen LogP contribution >= 0.6 is 0 Å². The number of carbonyl (C=O) groups is 1. The molecule has 2 aliphatic heterocycles. The number of nitrogens with zero attached hydrogens (tertiary/aromatic N) is 3. The van der Waals surface area contributed by atoms with E-state index in [1.54, 1.807) is 12.3 Å². The molecule has 0 fully saturated rings. The smallest absolute Gasteiger partial charge is 0.320 e. The zero-order valence-corrected chi connectivity index (χ0v) is 27.3. The molecule has 0 radical (unpaired) electrons. The SMILES string of the molecule is Cc1c(COc2cc3c(c(OCc4cncc(C#N)c4)c2)CN(CC(=O)OC(C)(C)C)CC3)cccc1-c1ccc2c(c1)OCCO2. The third-order valence-corrected chi connectivity index (χ3v) is 8.14. The minimum atomic E-state index is -0.543. The highest BCUT2D eigenvalue weighted by atomic mass is 16.6. The van der Waals surface area contributed by atoms with Gasteiger partial charge < -0.3 is 23.7 Å². The summed E-state index contributed by atoms with van der Waals surface area (Å²) in [5.74, 6) is 2.65. The monoisotopic (exact) mass is 633 g/mol. The molecule has 0 saturated carbocycles. The van der Waals surface area contributed by atoms with Crippen molar-refractivity contribution in [3.05, 3.63) is 100 Å². The maximum Gasteiger partial charge on any atom is 0.320 e. The summed E-state index contributed by atoms with van der Waals surface area (Å²) in [6.07, 6.45) is 3.95. The Morgan fingerprint density at radius 3 is 2.64 bits per heavy atom. The van der Waals surface area contributed by atoms with Crippen molar-refractivity contribution in [1.82, 2.24) is 9.88 Å². The quantitative estimate of drug-likeness (QED) is 0.190. The molecule has 0 atom stereocenters. The van der Waals surface area contributed by atoms with Crippen LogP contribution in [0.1, 0.15) is 54.2 Å². The van der Waals surface area contributed by atoms with Gasteiger partial charge in [0.25, 0.3) is 0 Å². The van der Waals surface area contributed by atoms with Crippen molar-refractivity contribution >= 4 is 5.97 Å². The molecule has 242 valence electrons. The Morgan fingerprint density at radius 1 is 1.00 bits per heavy atom. The van der Waals surface area contributed by atoms with E-state index in [4.69, 9.17) is 23.7 Å². The summed E-state index contributed by atoms with van der Waals surface area (Å²) in [7, 11) is 0. The molecule has 0 saturated heterocycles. The second-order valence-corrected chi connectivity index (χ2v) is 12.8. The van der Waals surface area contributed by atoms with E-state index in [1.165, 1.54) is 6.20 Å². The Bertz CT molecular complexity index is 1820. The number of hydrogen-bond donors (Lipinski definition) is 0. The van der Waals surface area contributed by atoms with Crippen LogP contribution in [0.25, 0.3) is 11.1 Å². The Balaban J connectivity index is 1.23. The molecule has 0 N–H and O–H groups in total. The molecule has 2 aliphatic rings. The van der Waals surface area contributed by atoms with Gasteiger partial charge in [0.15, 0.2) is 11.5 Å². The summed E-state index contributed by atoms with van der Waals surface area (Å²) in [6.45, 7) is 10.9. The number of nitriles is 1. The Hall–Kier alpha value is -5.07. The number of ether oxygens (including phenoxy) is 5. The van der Waals surface area contributed by atoms with Gasteiger partial charge in [-0.15, -0.1) is 0 Å². The summed E-state index contributed by atoms with van der Waals surface area (Å²) >= 11 is 0. The van der Waals surface area contributed by atoms with Gasteiger partial charge in [0.05, 0.1) is 12.1 Å². The minimum Gasteiger partial charge on any atom is -0.489 e. The predicted molar refractivity (Wildman–Crippen MR) is 176 cm³/mol. The second kappa shape index (κ2) is 13.7. The van der Waals surface area contributed by atoms with E-state index in [-0.39, 0.29) is 19.1 Å². The number of benzene rings is 3. The van der Waals surface area contributed by atoms with Gasteiger partial charge in [-0.05, 0) is 86.2 Å². The molecule has 3 heterocycles. The van der Waals surface area contributed by atoms with Crippen LogP contribution < -0.4 is 18.9 Å². The molecule has 0 amide bonds. The Kier molecular flexibility index (Phi) is 9.32. The third kappa shape index (κ3) is 7.84. The lowest BCUT2D eigenvalue weighted by molar-refractivity contribution is -0.156. The molecule has 9 nitrogen and oxygen atoms in total. The standard InChI is InChI=1S/C38H39N3O6/c1-25-30(6-5-7-32(25)28-8-9-34-36(16-28)44-13-12-43-34)24-45-31-15-29-10-11-41(22-37(42)47-38(2,3)4)21-33(29)35(17-31)46-23-27-14-26(18-39)19-40-20-27/h5-9,14-17,19-20H,10-13,21-24H2,1-4H3. The highest BCUT2D eigenvalue weighted by Gasteiger charge is 2.25. The largest absolute Gasteiger partial charge is 0.489 e. The van der Waals surface area contributed by atoms with Crippen molar-refractivity contribution in [3.63, 3.8) is 0 Å². The molecule has 0 aliphatic carbocycles. The third-order valence-electron chi connectivity index (χ3n) is 8.14. The summed E-state index contributed by atoms with van der Waals surface area (Å²) in [5.41, 5.74) is 7.21. The Morgan fingerprint density at radius 2 is 1.83 bits per heavy atom. The van der Waals surface area contributed by atoms with Crippen LogP contribution in [0, 0.1) is 18.3 Å². The number of rotatable bonds is 9. The van der Waals surface area contributed by atoms with E-state index < -0.39 is 5.60 Å². The van der Waals surface area contributed by atoms with Crippen LogP contribution in [-0.4, -0.2) is 47.8 Å². The van der Waals surface area contributed by atoms with Crippen LogP contribution in [0.2, 0.25) is 0 Å². The van der Waals surface area contributed by atoms with Gasteiger partial charge in [-0.25, -0.2) is 0 Å². The van der Waals surface area contributed by atoms with Crippen molar-refractivity contribution in [2.75, 3.05) is 26.3 Å². The molecule has 6 rings (SSSR count). The first-order chi connectivity index (χ1) is 22.6. The average molecular weight is 634 g/mol. The van der Waals surface area contributed by atoms with Gasteiger partial charge in [-0.3, -0.25) is 14.7 Å². The topological polar surface area (TPSA) is 103 Å². The van der Waals surface area contributed by atoms with Gasteiger partial charge in [-0.2, -0.15) is 5.26 Å². The lowest BCUT2D eigenvalue weighted by Gasteiger charge is -2.31. The first kappa shape index (κ1) is 31.9. The van der Waals surface area contributed by atoms with Crippen molar-refractivity contribution < 1.29 is 28.5 Å². The van der Waals surface area contributed by atoms with E-state index in [9.17, 15) is 10.1 Å². The van der Waals surface area contributed by atoms with Crippen molar-refractivity contribution in [1.29, 1.82) is 5.26 Å². The highest BCUT2D eigenvalue weighted by molar-refractivity contribution is 5.72. The maximum atomic E-state index is 12.6. The van der Waals surface area contributed by atoms with Crippen LogP contribution in [0.3, 0.4) is 0 Å². The highest BCUT2D eigenvalue weighted by Crippen LogP contribution is 2.37. The van der Waals surface area contributed by atoms with Crippen molar-refractivity contribution in [2.45, 2.75) is 59.5 Å². The number of pyridine rings is 1. The predicted octanol–water partition coefficient (Wildman–Crippen LogP) is 6.56. The van der Waals surface area contributed by atoms with E-state index in [0.29, 0.717) is 50.0 Å². The molecule has 9 heteroatoms. The van der Waals surface area contributed by atoms with E-state index in [0.717, 1.165) is 56.9 Å². The molecule has 3 aromatic carbocycles. The van der Waals surface area contributed by atoms with Crippen LogP contribution in [0.5, 0.6) is 23.0 Å². The lowest BCUT2D eigenvalue weighted by atomic mass is 9.96. The molecule has 47 heavy (non-hydrogen) atoms. The van der Waals surface area contributed by atoms with Gasteiger partial charge in [-0.1, -0.05) is 24.3 Å². The average Bonchev–Trinajstić information content (AvgIpc) is 3.06. The van der Waals surface area contributed by atoms with Gasteiger partial charge in [0.1, 0.15) is 49.6 Å². The van der Waals surface area contributed by atoms with Crippen LogP contribution in [0.15, 0.2) is 67.0 Å². The fraction of sp³-hybridized carbons (Fsp3) is 0.342. The normalized spacial score (nSPS) is 14.1. The molecule has 0 unspecified atom stereocenters. The fourth-order valence-electron chi connectivity index (χ4n) is 5.88. The molecular formula is C38H39N3O6. The summed E-state index contributed by atoms with van der Waals surface area (Å²) < 4.78 is 29.9. The van der Waals surface area contributed by atoms with Gasteiger partial charge in [0, 0.05) is 42.7 Å². The van der Waals surface area contributed by atoms with E-state index in [1.807, 2.05) is 45.0 Å². The maximum absolute atomic E-state index is 12.6. The number of esters is 1. The number of carbonyl (C=O) groups excluding carboxylic acids is 1. The molecule has 0 spiro atoms. The van der Waals surface area contributed by atoms with Crippen LogP contribution in [0.4, 0.5) is 0 Å². The number of aromatic nitrogens is 1. The van der Waals surface area contributed by atoms with Gasteiger partial charge in [0.2, 0.25) is 0 Å². The zero-order chi connectivity index (χ0) is 33.0. The zero-order valence-electron chi connectivity index (χ0n) is 27.3. The second-order valence-electron chi connectivity index (χ2n) is 12.8. The first-order valence-corrected chi connectivity index (χ1v) is 15.8. The number of hydrogen-bond acceptors (Lipinski definition) is 9.